The Labute approximate surface area is 128 Å². The van der Waals surface area contributed by atoms with Crippen molar-refractivity contribution in [3.05, 3.63) is 29.3 Å². The van der Waals surface area contributed by atoms with Gasteiger partial charge in [0.05, 0.1) is 12.8 Å². The van der Waals surface area contributed by atoms with Gasteiger partial charge in [0, 0.05) is 5.56 Å². The third-order valence-electron chi connectivity index (χ3n) is 3.73. The van der Waals surface area contributed by atoms with E-state index in [4.69, 9.17) is 16.2 Å². The van der Waals surface area contributed by atoms with Gasteiger partial charge in [-0.2, -0.15) is 13.2 Å². The summed E-state index contributed by atoms with van der Waals surface area (Å²) in [6.07, 6.45) is -4.04. The van der Waals surface area contributed by atoms with Gasteiger partial charge in [-0.25, -0.2) is 9.37 Å². The minimum atomic E-state index is -4.78. The predicted molar refractivity (Wildman–Crippen MR) is 72.1 cm³/mol. The van der Waals surface area contributed by atoms with Gasteiger partial charge in [0.2, 0.25) is 5.60 Å². The van der Waals surface area contributed by atoms with Crippen LogP contribution < -0.4 is 11.5 Å². The summed E-state index contributed by atoms with van der Waals surface area (Å²) in [6, 6.07) is 1.02. The molecule has 6 nitrogen and oxygen atoms in total. The lowest BCUT2D eigenvalue weighted by molar-refractivity contribution is -0.249. The standard InChI is InChI=1S/C13H14F4N4O2/c1-11(6-3-8(9(18)22)20-4-7(6)14)5-23-12(2,10(19)21-11)13(15,16)17/h3-4H,5H2,1-2H3,(H2,18,22)(H2,19,21)/t11-,12+/m0/s1. The molecule has 2 rings (SSSR count). The largest absolute Gasteiger partial charge is 0.424 e. The number of hydrogen-bond donors (Lipinski definition) is 2. The number of hydrogen-bond acceptors (Lipinski definition) is 5. The lowest BCUT2D eigenvalue weighted by Crippen LogP contribution is -2.60. The van der Waals surface area contributed by atoms with Crippen LogP contribution in [0.5, 0.6) is 0 Å². The molecule has 126 valence electrons. The number of aliphatic imine (C=N–C) groups is 1. The van der Waals surface area contributed by atoms with Crippen LogP contribution in [0.2, 0.25) is 0 Å². The van der Waals surface area contributed by atoms with Crippen molar-refractivity contribution in [1.82, 2.24) is 4.98 Å². The van der Waals surface area contributed by atoms with Gasteiger partial charge in [-0.15, -0.1) is 0 Å². The summed E-state index contributed by atoms with van der Waals surface area (Å²) in [5.41, 5.74) is 5.76. The molecule has 1 aliphatic rings. The molecule has 0 radical (unpaired) electrons. The molecular weight excluding hydrogens is 320 g/mol. The zero-order chi connectivity index (χ0) is 17.6. The molecule has 0 aromatic carbocycles. The number of carbonyl (C=O) groups excluding carboxylic acids is 1. The summed E-state index contributed by atoms with van der Waals surface area (Å²) in [4.78, 5) is 18.4. The molecule has 23 heavy (non-hydrogen) atoms. The number of amides is 1. The van der Waals surface area contributed by atoms with E-state index < -0.39 is 41.5 Å². The van der Waals surface area contributed by atoms with Crippen molar-refractivity contribution >= 4 is 11.7 Å². The van der Waals surface area contributed by atoms with Gasteiger partial charge < -0.3 is 16.2 Å². The van der Waals surface area contributed by atoms with Crippen LogP contribution in [0.15, 0.2) is 17.3 Å². The molecule has 0 unspecified atom stereocenters. The first-order valence-corrected chi connectivity index (χ1v) is 6.43. The minimum absolute atomic E-state index is 0.187. The zero-order valence-electron chi connectivity index (χ0n) is 12.2. The number of pyridine rings is 1. The number of primary amides is 1. The lowest BCUT2D eigenvalue weighted by Gasteiger charge is -2.40. The first kappa shape index (κ1) is 17.1. The second-order valence-corrected chi connectivity index (χ2v) is 5.50. The molecular formula is C13H14F4N4O2. The molecule has 0 fully saturated rings. The van der Waals surface area contributed by atoms with Crippen molar-refractivity contribution in [2.24, 2.45) is 16.5 Å². The molecule has 0 aliphatic carbocycles. The van der Waals surface area contributed by atoms with Gasteiger partial charge in [0.15, 0.2) is 0 Å². The fourth-order valence-corrected chi connectivity index (χ4v) is 2.11. The predicted octanol–water partition coefficient (Wildman–Crippen LogP) is 1.24. The Morgan fingerprint density at radius 2 is 2.00 bits per heavy atom. The molecule has 0 saturated carbocycles. The van der Waals surface area contributed by atoms with E-state index in [2.05, 4.69) is 9.98 Å². The van der Waals surface area contributed by atoms with E-state index in [1.807, 2.05) is 0 Å². The van der Waals surface area contributed by atoms with E-state index in [9.17, 15) is 22.4 Å². The Kier molecular flexibility index (Phi) is 3.84. The average Bonchev–Trinajstić information content (AvgIpc) is 2.42. The monoisotopic (exact) mass is 334 g/mol. The first-order chi connectivity index (χ1) is 10.4. The van der Waals surface area contributed by atoms with Crippen molar-refractivity contribution in [2.75, 3.05) is 6.61 Å². The topological polar surface area (TPSA) is 104 Å². The van der Waals surface area contributed by atoms with Crippen molar-refractivity contribution in [3.8, 4) is 0 Å². The van der Waals surface area contributed by atoms with Crippen LogP contribution in [-0.2, 0) is 10.3 Å². The Hall–Kier alpha value is -2.23. The number of ether oxygens (including phenoxy) is 1. The maximum Gasteiger partial charge on any atom is 0.424 e. The van der Waals surface area contributed by atoms with Crippen LogP contribution >= 0.6 is 0 Å². The van der Waals surface area contributed by atoms with Crippen molar-refractivity contribution < 1.29 is 27.1 Å². The fourth-order valence-electron chi connectivity index (χ4n) is 2.11. The molecule has 2 heterocycles. The molecule has 1 amide bonds. The van der Waals surface area contributed by atoms with Crippen LogP contribution in [0.4, 0.5) is 17.6 Å². The molecule has 1 aromatic heterocycles. The smallest absolute Gasteiger partial charge is 0.385 e. The van der Waals surface area contributed by atoms with Crippen molar-refractivity contribution in [2.45, 2.75) is 31.2 Å². The Balaban J connectivity index is 2.54. The van der Waals surface area contributed by atoms with E-state index in [-0.39, 0.29) is 11.3 Å². The fraction of sp³-hybridized carbons (Fsp3) is 0.462. The summed E-state index contributed by atoms with van der Waals surface area (Å²) in [5, 5.41) is 0. The third-order valence-corrected chi connectivity index (χ3v) is 3.73. The summed E-state index contributed by atoms with van der Waals surface area (Å²) in [6.45, 7) is 1.48. The summed E-state index contributed by atoms with van der Waals surface area (Å²) in [7, 11) is 0. The maximum atomic E-state index is 14.0. The number of halogens is 4. The number of carbonyl (C=O) groups is 1. The molecule has 10 heteroatoms. The van der Waals surface area contributed by atoms with Gasteiger partial charge in [0.1, 0.15) is 22.9 Å². The van der Waals surface area contributed by atoms with Gasteiger partial charge in [-0.05, 0) is 19.9 Å². The second kappa shape index (κ2) is 5.15. The molecule has 1 aliphatic heterocycles. The number of aromatic nitrogens is 1. The maximum absolute atomic E-state index is 14.0. The summed E-state index contributed by atoms with van der Waals surface area (Å²) in [5.74, 6) is -2.62. The zero-order valence-corrected chi connectivity index (χ0v) is 12.2. The van der Waals surface area contributed by atoms with E-state index in [0.29, 0.717) is 0 Å². The van der Waals surface area contributed by atoms with Crippen molar-refractivity contribution in [3.63, 3.8) is 0 Å². The molecule has 4 N–H and O–H groups in total. The first-order valence-electron chi connectivity index (χ1n) is 6.43. The van der Waals surface area contributed by atoms with Gasteiger partial charge in [0.25, 0.3) is 5.91 Å². The average molecular weight is 334 g/mol. The van der Waals surface area contributed by atoms with E-state index >= 15 is 0 Å². The number of nitrogens with two attached hydrogens (primary N) is 2. The van der Waals surface area contributed by atoms with Crippen LogP contribution in [0.25, 0.3) is 0 Å². The van der Waals surface area contributed by atoms with E-state index in [1.54, 1.807) is 0 Å². The molecule has 1 aromatic rings. The minimum Gasteiger partial charge on any atom is -0.385 e. The van der Waals surface area contributed by atoms with Gasteiger partial charge in [-0.3, -0.25) is 9.79 Å². The van der Waals surface area contributed by atoms with E-state index in [0.717, 1.165) is 19.2 Å². The Morgan fingerprint density at radius 1 is 1.39 bits per heavy atom. The number of alkyl halides is 3. The third kappa shape index (κ3) is 2.74. The quantitative estimate of drug-likeness (QED) is 0.794. The highest BCUT2D eigenvalue weighted by atomic mass is 19.4. The Bertz CT molecular complexity index is 691. The molecule has 2 atom stereocenters. The molecule has 0 saturated heterocycles. The normalized spacial score (nSPS) is 28.3. The van der Waals surface area contributed by atoms with Crippen LogP contribution in [0.3, 0.4) is 0 Å². The van der Waals surface area contributed by atoms with Gasteiger partial charge in [-0.1, -0.05) is 0 Å². The Morgan fingerprint density at radius 3 is 2.48 bits per heavy atom. The number of rotatable bonds is 2. The highest BCUT2D eigenvalue weighted by Crippen LogP contribution is 2.41. The summed E-state index contributed by atoms with van der Waals surface area (Å²) >= 11 is 0. The highest BCUT2D eigenvalue weighted by molar-refractivity contribution is 5.92. The van der Waals surface area contributed by atoms with Crippen LogP contribution in [-0.4, -0.2) is 35.1 Å². The van der Waals surface area contributed by atoms with Gasteiger partial charge >= 0.3 is 6.18 Å². The summed E-state index contributed by atoms with van der Waals surface area (Å²) < 4.78 is 58.0. The molecule has 0 spiro atoms. The number of nitrogens with zero attached hydrogens (tertiary/aromatic N) is 2. The van der Waals surface area contributed by atoms with Crippen LogP contribution in [0, 0.1) is 5.82 Å². The molecule has 0 bridgehead atoms. The lowest BCUT2D eigenvalue weighted by atomic mass is 9.89. The number of amidine groups is 1. The van der Waals surface area contributed by atoms with E-state index in [1.165, 1.54) is 6.92 Å². The van der Waals surface area contributed by atoms with Crippen molar-refractivity contribution in [1.29, 1.82) is 0 Å². The highest BCUT2D eigenvalue weighted by Gasteiger charge is 2.59. The SMILES string of the molecule is C[C@@]1(c2cc(C(N)=O)ncc2F)CO[C@@](C)(C(F)(F)F)C(N)=N1. The van der Waals surface area contributed by atoms with Crippen LogP contribution in [0.1, 0.15) is 29.9 Å². The second-order valence-electron chi connectivity index (χ2n) is 5.50.